The first-order valence-corrected chi connectivity index (χ1v) is 24.3. The summed E-state index contributed by atoms with van der Waals surface area (Å²) in [5, 5.41) is 8.79. The van der Waals surface area contributed by atoms with Crippen LogP contribution in [0.4, 0.5) is 0 Å². The summed E-state index contributed by atoms with van der Waals surface area (Å²) >= 11 is 0. The van der Waals surface area contributed by atoms with Gasteiger partial charge in [0.2, 0.25) is 0 Å². The summed E-state index contributed by atoms with van der Waals surface area (Å²) in [6.45, 7) is 0. The van der Waals surface area contributed by atoms with E-state index in [4.69, 9.17) is 4.98 Å². The SMILES string of the molecule is C1=Cc2c(c3c(ccc4c5ccccc5n(-c5ccccc5)c43)n2-c2cccc(-n3c4ccccc4c4ccc5c(c6ccccc6n5-c5cccc(-c6cccc(-c7ccccc7)n6)c5)c43)c2)CC1. The minimum atomic E-state index is 0.946. The van der Waals surface area contributed by atoms with Crippen molar-refractivity contribution in [3.63, 3.8) is 0 Å². The average molecular weight is 894 g/mol. The first-order valence-electron chi connectivity index (χ1n) is 24.3. The van der Waals surface area contributed by atoms with Gasteiger partial charge in [0, 0.05) is 77.3 Å². The Balaban J connectivity index is 0.959. The van der Waals surface area contributed by atoms with E-state index in [1.54, 1.807) is 0 Å². The van der Waals surface area contributed by atoms with Crippen LogP contribution in [0.2, 0.25) is 0 Å². The largest absolute Gasteiger partial charge is 0.309 e. The smallest absolute Gasteiger partial charge is 0.0710 e. The number of allylic oxidation sites excluding steroid dienone is 1. The fourth-order valence-electron chi connectivity index (χ4n) is 11.9. The van der Waals surface area contributed by atoms with E-state index in [0.29, 0.717) is 0 Å². The highest BCUT2D eigenvalue weighted by atomic mass is 15.0. The van der Waals surface area contributed by atoms with Crippen molar-refractivity contribution in [3.8, 4) is 45.3 Å². The van der Waals surface area contributed by atoms with E-state index in [0.717, 1.165) is 63.5 Å². The highest BCUT2D eigenvalue weighted by Gasteiger charge is 2.26. The second-order valence-electron chi connectivity index (χ2n) is 18.6. The second-order valence-corrected chi connectivity index (χ2v) is 18.6. The third-order valence-corrected chi connectivity index (χ3v) is 14.8. The Hall–Kier alpha value is -9.19. The first-order chi connectivity index (χ1) is 34.8. The maximum atomic E-state index is 5.16. The normalized spacial score (nSPS) is 12.7. The van der Waals surface area contributed by atoms with E-state index in [2.05, 4.69) is 249 Å². The molecule has 1 aliphatic carbocycles. The van der Waals surface area contributed by atoms with Crippen molar-refractivity contribution in [3.05, 3.63) is 242 Å². The molecule has 5 nitrogen and oxygen atoms in total. The Bertz CT molecular complexity index is 4460. The minimum absolute atomic E-state index is 0.946. The van der Waals surface area contributed by atoms with Gasteiger partial charge in [-0.05, 0) is 109 Å². The van der Waals surface area contributed by atoms with Crippen LogP contribution in [0.5, 0.6) is 0 Å². The molecule has 5 heteroatoms. The lowest BCUT2D eigenvalue weighted by Crippen LogP contribution is -2.02. The lowest BCUT2D eigenvalue weighted by atomic mass is 9.99. The fourth-order valence-corrected chi connectivity index (χ4v) is 11.9. The van der Waals surface area contributed by atoms with E-state index < -0.39 is 0 Å². The molecular formula is C65H43N5. The number of aryl methyl sites for hydroxylation is 1. The van der Waals surface area contributed by atoms with Gasteiger partial charge in [-0.1, -0.05) is 146 Å². The van der Waals surface area contributed by atoms with Gasteiger partial charge in [0.15, 0.2) is 0 Å². The third-order valence-electron chi connectivity index (χ3n) is 14.8. The number of rotatable bonds is 6. The predicted octanol–water partition coefficient (Wildman–Crippen LogP) is 16.6. The topological polar surface area (TPSA) is 32.6 Å². The van der Waals surface area contributed by atoms with E-state index in [1.807, 2.05) is 6.07 Å². The molecule has 0 amide bonds. The monoisotopic (exact) mass is 893 g/mol. The fraction of sp³-hybridized carbons (Fsp3) is 0.0308. The molecule has 1 aliphatic rings. The van der Waals surface area contributed by atoms with Crippen molar-refractivity contribution in [1.82, 2.24) is 23.3 Å². The van der Waals surface area contributed by atoms with Crippen molar-refractivity contribution in [2.45, 2.75) is 12.8 Å². The average Bonchev–Trinajstić information content (AvgIpc) is 4.16. The number of fused-ring (bicyclic) bond motifs is 14. The van der Waals surface area contributed by atoms with Crippen LogP contribution in [0, 0.1) is 0 Å². The van der Waals surface area contributed by atoms with E-state index >= 15 is 0 Å². The molecule has 5 aromatic heterocycles. The maximum Gasteiger partial charge on any atom is 0.0710 e. The summed E-state index contributed by atoms with van der Waals surface area (Å²) in [5.74, 6) is 0. The van der Waals surface area contributed by atoms with Gasteiger partial charge >= 0.3 is 0 Å². The van der Waals surface area contributed by atoms with Crippen LogP contribution in [0.15, 0.2) is 231 Å². The van der Waals surface area contributed by atoms with Crippen LogP contribution in [0.25, 0.3) is 128 Å². The molecule has 0 bridgehead atoms. The summed E-state index contributed by atoms with van der Waals surface area (Å²) in [4.78, 5) is 5.16. The van der Waals surface area contributed by atoms with Crippen molar-refractivity contribution < 1.29 is 0 Å². The molecule has 0 radical (unpaired) electrons. The van der Waals surface area contributed by atoms with E-state index in [1.165, 1.54) is 82.2 Å². The van der Waals surface area contributed by atoms with E-state index in [9.17, 15) is 0 Å². The lowest BCUT2D eigenvalue weighted by molar-refractivity contribution is 0.966. The van der Waals surface area contributed by atoms with Gasteiger partial charge in [-0.3, -0.25) is 0 Å². The molecule has 0 atom stereocenters. The minimum Gasteiger partial charge on any atom is -0.309 e. The Kier molecular flexibility index (Phi) is 8.42. The summed E-state index contributed by atoms with van der Waals surface area (Å²) in [5.41, 5.74) is 19.7. The number of hydrogen-bond acceptors (Lipinski definition) is 1. The zero-order valence-corrected chi connectivity index (χ0v) is 38.2. The van der Waals surface area contributed by atoms with Gasteiger partial charge in [0.25, 0.3) is 0 Å². The third kappa shape index (κ3) is 5.63. The molecule has 5 heterocycles. The zero-order valence-electron chi connectivity index (χ0n) is 38.2. The van der Waals surface area contributed by atoms with Gasteiger partial charge in [-0.25, -0.2) is 4.98 Å². The van der Waals surface area contributed by atoms with Crippen LogP contribution in [0.3, 0.4) is 0 Å². The molecule has 0 fully saturated rings. The number of nitrogens with zero attached hydrogens (tertiary/aromatic N) is 5. The van der Waals surface area contributed by atoms with Crippen LogP contribution >= 0.6 is 0 Å². The molecule has 15 rings (SSSR count). The second kappa shape index (κ2) is 15.2. The van der Waals surface area contributed by atoms with Crippen LogP contribution in [0.1, 0.15) is 17.7 Å². The Labute approximate surface area is 403 Å². The van der Waals surface area contributed by atoms with Gasteiger partial charge < -0.3 is 18.3 Å². The molecule has 0 unspecified atom stereocenters. The molecule has 70 heavy (non-hydrogen) atoms. The van der Waals surface area contributed by atoms with Crippen LogP contribution in [-0.4, -0.2) is 23.3 Å². The molecule has 14 aromatic rings. The molecular weight excluding hydrogens is 851 g/mol. The zero-order chi connectivity index (χ0) is 45.9. The van der Waals surface area contributed by atoms with Crippen molar-refractivity contribution in [1.29, 1.82) is 0 Å². The van der Waals surface area contributed by atoms with Crippen molar-refractivity contribution >= 4 is 82.4 Å². The van der Waals surface area contributed by atoms with Gasteiger partial charge in [0.1, 0.15) is 0 Å². The number of aromatic nitrogens is 5. The Morgan fingerprint density at radius 1 is 0.329 bits per heavy atom. The standard InChI is InChI=1S/C65H43N5/c1-3-18-42(19-4-1)54-30-17-31-55(66-54)43-20-15-23-45(40-43)67-58-34-13-9-28-52(58)63-60(67)38-37-51-49-27-8-12-33-57(49)70(65(51)63)47-25-16-24-46(41-47)68-59-35-14-10-29-53(59)62-61(68)39-36-50-48-26-7-11-32-56(48)69(64(50)62)44-21-5-2-6-22-44/h1-9,11-28,30-41H,10,29H2. The Morgan fingerprint density at radius 3 is 1.54 bits per heavy atom. The quantitative estimate of drug-likeness (QED) is 0.164. The number of para-hydroxylation sites is 4. The Morgan fingerprint density at radius 2 is 0.829 bits per heavy atom. The summed E-state index contributed by atoms with van der Waals surface area (Å²) in [6.07, 6.45) is 6.70. The van der Waals surface area contributed by atoms with Crippen molar-refractivity contribution in [2.75, 3.05) is 0 Å². The highest BCUT2D eigenvalue weighted by molar-refractivity contribution is 6.26. The van der Waals surface area contributed by atoms with E-state index in [-0.39, 0.29) is 0 Å². The molecule has 328 valence electrons. The highest BCUT2D eigenvalue weighted by Crippen LogP contribution is 2.45. The molecule has 0 N–H and O–H groups in total. The molecule has 0 saturated heterocycles. The summed E-state index contributed by atoms with van der Waals surface area (Å²) in [6, 6.07) is 81.7. The van der Waals surface area contributed by atoms with Crippen LogP contribution in [-0.2, 0) is 6.42 Å². The molecule has 0 saturated carbocycles. The summed E-state index contributed by atoms with van der Waals surface area (Å²) < 4.78 is 9.96. The van der Waals surface area contributed by atoms with Crippen LogP contribution < -0.4 is 0 Å². The number of hydrogen-bond donors (Lipinski definition) is 0. The first kappa shape index (κ1) is 38.9. The molecule has 0 aliphatic heterocycles. The number of benzene rings is 9. The lowest BCUT2D eigenvalue weighted by Gasteiger charge is -2.15. The summed E-state index contributed by atoms with van der Waals surface area (Å²) in [7, 11) is 0. The van der Waals surface area contributed by atoms with Crippen molar-refractivity contribution in [2.24, 2.45) is 0 Å². The van der Waals surface area contributed by atoms with Gasteiger partial charge in [-0.15, -0.1) is 0 Å². The predicted molar refractivity (Wildman–Crippen MR) is 292 cm³/mol. The molecule has 0 spiro atoms. The van der Waals surface area contributed by atoms with Gasteiger partial charge in [0.05, 0.1) is 50.0 Å². The molecule has 9 aromatic carbocycles. The maximum absolute atomic E-state index is 5.16. The van der Waals surface area contributed by atoms with Gasteiger partial charge in [-0.2, -0.15) is 0 Å². The number of pyridine rings is 1.